The molecule has 5 aliphatic rings. The van der Waals surface area contributed by atoms with E-state index in [0.717, 1.165) is 89.4 Å². The van der Waals surface area contributed by atoms with Crippen LogP contribution in [0.1, 0.15) is 162 Å². The lowest BCUT2D eigenvalue weighted by Gasteiger charge is -2.50. The molecular formula is C41H68ClN3O6. The smallest absolute Gasteiger partial charge is 0.350 e. The highest BCUT2D eigenvalue weighted by atomic mass is 35.5. The van der Waals surface area contributed by atoms with E-state index in [1.807, 2.05) is 0 Å². The Morgan fingerprint density at radius 3 is 2.27 bits per heavy atom. The number of carbonyl (C=O) groups excluding carboxylic acids is 2. The zero-order chi connectivity index (χ0) is 35.2. The van der Waals surface area contributed by atoms with Gasteiger partial charge in [-0.1, -0.05) is 102 Å². The largest absolute Gasteiger partial charge is 1.00 e. The van der Waals surface area contributed by atoms with Crippen LogP contribution in [0, 0.1) is 5.92 Å². The number of esters is 2. The van der Waals surface area contributed by atoms with Crippen molar-refractivity contribution in [3.63, 3.8) is 0 Å². The summed E-state index contributed by atoms with van der Waals surface area (Å²) in [4.78, 5) is 25.5. The third-order valence-electron chi connectivity index (χ3n) is 11.7. The molecule has 10 heteroatoms. The second-order valence-electron chi connectivity index (χ2n) is 15.7. The number of hydrogen-bond acceptors (Lipinski definition) is 8. The van der Waals surface area contributed by atoms with E-state index in [9.17, 15) is 9.59 Å². The van der Waals surface area contributed by atoms with Crippen LogP contribution >= 0.6 is 0 Å². The third-order valence-corrected chi connectivity index (χ3v) is 11.7. The van der Waals surface area contributed by atoms with Crippen LogP contribution in [-0.2, 0) is 28.5 Å². The van der Waals surface area contributed by atoms with Crippen LogP contribution in [0.15, 0.2) is 24.8 Å². The Morgan fingerprint density at radius 1 is 0.922 bits per heavy atom. The van der Waals surface area contributed by atoms with Crippen molar-refractivity contribution < 1.29 is 45.5 Å². The monoisotopic (exact) mass is 733 g/mol. The second-order valence-corrected chi connectivity index (χ2v) is 15.7. The number of hydrogen-bond donors (Lipinski definition) is 2. The molecule has 0 unspecified atom stereocenters. The number of unbranched alkanes of at least 4 members (excludes halogenated alkanes) is 12. The minimum absolute atomic E-state index is 0. The SMILES string of the molecule is C=CCOC(=O)CCCCCCCCCCCCCCCOC(=O)[C@H]1[C@@H]2CC[C@H]3C[C@@]4(CCC=C[C@H](CC)O4)NC(=[N+]32)N[C@]12CCC[C@@H](C)O2.[Cl-]. The molecule has 0 aliphatic carbocycles. The topological polar surface area (TPSA) is 98.1 Å². The highest BCUT2D eigenvalue weighted by Crippen LogP contribution is 2.45. The summed E-state index contributed by atoms with van der Waals surface area (Å²) in [5.41, 5.74) is -1.15. The number of nitrogens with one attached hydrogen (secondary N) is 2. The minimum Gasteiger partial charge on any atom is -1.00 e. The van der Waals surface area contributed by atoms with Gasteiger partial charge in [-0.25, -0.2) is 10.6 Å². The molecule has 2 saturated heterocycles. The van der Waals surface area contributed by atoms with E-state index in [1.165, 1.54) is 57.8 Å². The van der Waals surface area contributed by atoms with Gasteiger partial charge in [0, 0.05) is 25.7 Å². The Bertz CT molecular complexity index is 1180. The number of ether oxygens (including phenoxy) is 4. The molecule has 5 rings (SSSR count). The fourth-order valence-electron chi connectivity index (χ4n) is 9.20. The fourth-order valence-corrected chi connectivity index (χ4v) is 9.20. The molecule has 2 fully saturated rings. The molecule has 0 aromatic carbocycles. The van der Waals surface area contributed by atoms with Gasteiger partial charge in [-0.3, -0.25) is 14.2 Å². The maximum absolute atomic E-state index is 14.0. The van der Waals surface area contributed by atoms with Crippen LogP contribution in [0.2, 0.25) is 0 Å². The lowest BCUT2D eigenvalue weighted by atomic mass is 9.80. The molecular weight excluding hydrogens is 666 g/mol. The average molecular weight is 734 g/mol. The van der Waals surface area contributed by atoms with Crippen LogP contribution in [0.25, 0.3) is 0 Å². The summed E-state index contributed by atoms with van der Waals surface area (Å²) in [6, 6.07) is 0.410. The standard InChI is InChI=1S/C41H67N3O6.ClH/c1-4-29-47-36(45)24-17-15-13-11-9-7-6-8-10-12-14-16-20-30-48-38(46)37-35-26-25-33-31-40(27-19-18-23-34(5-2)50-40)42-39(44(33)35)43-41(37)28-21-22-32(3)49-41;/h4,18,23,32-35,37H,1,5-17,19-22,24-31H2,2-3H3,(H,42,43);1H/t32-,33+,34+,35+,37-,40+,41+;/m1./s1. The number of guanidine groups is 1. The zero-order valence-electron chi connectivity index (χ0n) is 31.8. The highest BCUT2D eigenvalue weighted by Gasteiger charge is 2.64. The summed E-state index contributed by atoms with van der Waals surface area (Å²) in [5.74, 6) is 0.445. The van der Waals surface area contributed by atoms with Crippen molar-refractivity contribution in [1.82, 2.24) is 10.6 Å². The van der Waals surface area contributed by atoms with Gasteiger partial charge in [0.1, 0.15) is 6.61 Å². The minimum atomic E-state index is -0.750. The molecule has 9 nitrogen and oxygen atoms in total. The quantitative estimate of drug-likeness (QED) is 0.0785. The summed E-state index contributed by atoms with van der Waals surface area (Å²) in [6.45, 7) is 8.70. The molecule has 7 atom stereocenters. The molecule has 51 heavy (non-hydrogen) atoms. The summed E-state index contributed by atoms with van der Waals surface area (Å²) in [5, 5.41) is 7.66. The molecule has 0 radical (unpaired) electrons. The first-order valence-corrected chi connectivity index (χ1v) is 20.6. The summed E-state index contributed by atoms with van der Waals surface area (Å²) in [6.07, 6.45) is 31.0. The number of nitrogens with zero attached hydrogens (tertiary/aromatic N) is 1. The second kappa shape index (κ2) is 21.0. The van der Waals surface area contributed by atoms with E-state index in [0.29, 0.717) is 25.7 Å². The Hall–Kier alpha value is -2.10. The number of allylic oxidation sites excluding steroid dienone is 1. The van der Waals surface area contributed by atoms with Crippen molar-refractivity contribution in [2.45, 2.75) is 197 Å². The maximum Gasteiger partial charge on any atom is 0.350 e. The van der Waals surface area contributed by atoms with Crippen LogP contribution in [0.5, 0.6) is 0 Å². The van der Waals surface area contributed by atoms with Crippen molar-refractivity contribution in [2.24, 2.45) is 5.92 Å². The van der Waals surface area contributed by atoms with E-state index < -0.39 is 11.4 Å². The van der Waals surface area contributed by atoms with E-state index in [4.69, 9.17) is 18.9 Å². The van der Waals surface area contributed by atoms with Gasteiger partial charge in [0.2, 0.25) is 5.72 Å². The summed E-state index contributed by atoms with van der Waals surface area (Å²) < 4.78 is 27.1. The zero-order valence-corrected chi connectivity index (χ0v) is 32.5. The van der Waals surface area contributed by atoms with E-state index in [2.05, 4.69) is 47.8 Å². The molecule has 0 aromatic rings. The van der Waals surface area contributed by atoms with E-state index in [-0.39, 0.29) is 48.5 Å². The van der Waals surface area contributed by atoms with Gasteiger partial charge >= 0.3 is 17.9 Å². The maximum atomic E-state index is 14.0. The normalized spacial score (nSPS) is 30.9. The van der Waals surface area contributed by atoms with E-state index in [1.54, 1.807) is 6.08 Å². The van der Waals surface area contributed by atoms with Crippen LogP contribution < -0.4 is 23.0 Å². The van der Waals surface area contributed by atoms with Gasteiger partial charge in [-0.15, -0.1) is 0 Å². The first-order chi connectivity index (χ1) is 24.4. The lowest BCUT2D eigenvalue weighted by Crippen LogP contribution is -3.00. The van der Waals surface area contributed by atoms with Gasteiger partial charge in [0.05, 0.1) is 30.9 Å². The molecule has 0 aromatic heterocycles. The molecule has 0 saturated carbocycles. The van der Waals surface area contributed by atoms with Crippen molar-refractivity contribution >= 4 is 17.9 Å². The van der Waals surface area contributed by atoms with Gasteiger partial charge in [-0.2, -0.15) is 0 Å². The molecule has 5 aliphatic heterocycles. The molecule has 5 heterocycles. The van der Waals surface area contributed by atoms with Gasteiger partial charge in [0.15, 0.2) is 11.6 Å². The number of halogens is 1. The van der Waals surface area contributed by atoms with Crippen LogP contribution in [0.4, 0.5) is 0 Å². The van der Waals surface area contributed by atoms with Gasteiger partial charge in [-0.05, 0) is 58.3 Å². The van der Waals surface area contributed by atoms with Crippen molar-refractivity contribution in [3.05, 3.63) is 24.8 Å². The predicted octanol–water partition coefficient (Wildman–Crippen LogP) is 4.96. The van der Waals surface area contributed by atoms with E-state index >= 15 is 0 Å². The first-order valence-electron chi connectivity index (χ1n) is 20.6. The Labute approximate surface area is 314 Å². The molecule has 0 amide bonds. The average Bonchev–Trinajstić information content (AvgIpc) is 3.40. The first kappa shape index (κ1) is 41.7. The Balaban J connectivity index is 0.00000583. The lowest BCUT2D eigenvalue weighted by molar-refractivity contribution is -0.609. The van der Waals surface area contributed by atoms with Crippen LogP contribution in [0.3, 0.4) is 0 Å². The molecule has 290 valence electrons. The van der Waals surface area contributed by atoms with Crippen molar-refractivity contribution in [3.8, 4) is 0 Å². The number of carbonyl (C=O) groups is 2. The summed E-state index contributed by atoms with van der Waals surface area (Å²) >= 11 is 0. The van der Waals surface area contributed by atoms with Gasteiger partial charge < -0.3 is 31.4 Å². The fraction of sp³-hybridized carbons (Fsp3) is 0.829. The molecule has 2 N–H and O–H groups in total. The van der Waals surface area contributed by atoms with Crippen molar-refractivity contribution in [1.29, 1.82) is 0 Å². The summed E-state index contributed by atoms with van der Waals surface area (Å²) in [7, 11) is 0. The predicted molar refractivity (Wildman–Crippen MR) is 197 cm³/mol. The number of rotatable bonds is 20. The Kier molecular flexibility index (Phi) is 17.1. The van der Waals surface area contributed by atoms with Gasteiger partial charge in [0.25, 0.3) is 0 Å². The third kappa shape index (κ3) is 11.4. The molecule has 0 bridgehead atoms. The molecule has 2 spiro atoms. The Morgan fingerprint density at radius 2 is 1.61 bits per heavy atom. The van der Waals surface area contributed by atoms with Crippen LogP contribution in [-0.4, -0.2) is 71.4 Å². The van der Waals surface area contributed by atoms with Crippen molar-refractivity contribution in [2.75, 3.05) is 13.2 Å². The highest BCUT2D eigenvalue weighted by molar-refractivity contribution is 5.82.